The molecule has 1 N–H and O–H groups in total. The number of ether oxygens (including phenoxy) is 1. The summed E-state index contributed by atoms with van der Waals surface area (Å²) in [6.45, 7) is 9.58. The number of halogens is 1. The first-order valence-electron chi connectivity index (χ1n) is 11.0. The fourth-order valence-electron chi connectivity index (χ4n) is 3.48. The first-order valence-corrected chi connectivity index (χ1v) is 11.0. The Hall–Kier alpha value is -2.87. The molecule has 0 atom stereocenters. The number of carbonyl (C=O) groups excluding carboxylic acids is 2. The second-order valence-electron chi connectivity index (χ2n) is 8.90. The molecule has 0 unspecified atom stereocenters. The summed E-state index contributed by atoms with van der Waals surface area (Å²) in [5.74, 6) is 0.722. The van der Waals surface area contributed by atoms with Crippen molar-refractivity contribution in [2.75, 3.05) is 39.3 Å². The number of hydrogen-bond donors (Lipinski definition) is 1. The lowest BCUT2D eigenvalue weighted by molar-refractivity contribution is -0.121. The summed E-state index contributed by atoms with van der Waals surface area (Å²) in [6.07, 6.45) is 0.479. The fourth-order valence-corrected chi connectivity index (χ4v) is 3.48. The predicted molar refractivity (Wildman–Crippen MR) is 120 cm³/mol. The number of piperazine rings is 1. The number of hydrogen-bond acceptors (Lipinski definition) is 5. The SMILES string of the molecule is CC(C)(C)OC(=O)N1CCN(CCNC(=O)CCc2ccc(-c3ccccc3F)o2)CC1. The number of nitrogens with zero attached hydrogens (tertiary/aromatic N) is 2. The standard InChI is InChI=1S/C24H32FN3O4/c1-24(2,3)32-23(30)28-16-14-27(15-17-28)13-12-26-22(29)11-9-18-8-10-21(31-18)19-6-4-5-7-20(19)25/h4-8,10H,9,11-17H2,1-3H3,(H,26,29). The van der Waals surface area contributed by atoms with E-state index in [1.54, 1.807) is 35.2 Å². The Balaban J connectivity index is 1.33. The molecule has 1 saturated heterocycles. The molecule has 1 aromatic heterocycles. The zero-order chi connectivity index (χ0) is 23.1. The molecule has 0 saturated carbocycles. The van der Waals surface area contributed by atoms with Crippen molar-refractivity contribution in [2.24, 2.45) is 0 Å². The average molecular weight is 446 g/mol. The highest BCUT2D eigenvalue weighted by molar-refractivity contribution is 5.76. The van der Waals surface area contributed by atoms with Gasteiger partial charge in [-0.05, 0) is 45.0 Å². The van der Waals surface area contributed by atoms with Gasteiger partial charge in [-0.2, -0.15) is 0 Å². The Kier molecular flexibility index (Phi) is 7.90. The van der Waals surface area contributed by atoms with E-state index >= 15 is 0 Å². The van der Waals surface area contributed by atoms with Gasteiger partial charge in [0.05, 0.1) is 5.56 Å². The molecule has 2 aromatic rings. The summed E-state index contributed by atoms with van der Waals surface area (Å²) in [5, 5.41) is 2.93. The van der Waals surface area contributed by atoms with Crippen LogP contribution < -0.4 is 5.32 Å². The molecule has 32 heavy (non-hydrogen) atoms. The number of nitrogens with one attached hydrogen (secondary N) is 1. The first-order chi connectivity index (χ1) is 15.2. The second kappa shape index (κ2) is 10.6. The number of aryl methyl sites for hydroxylation is 1. The van der Waals surface area contributed by atoms with Crippen LogP contribution in [0, 0.1) is 5.82 Å². The molecule has 7 nitrogen and oxygen atoms in total. The third kappa shape index (κ3) is 7.09. The summed E-state index contributed by atoms with van der Waals surface area (Å²) in [7, 11) is 0. The molecule has 3 rings (SSSR count). The number of carbonyl (C=O) groups is 2. The van der Waals surface area contributed by atoms with Gasteiger partial charge in [0.1, 0.15) is 22.9 Å². The van der Waals surface area contributed by atoms with E-state index in [1.165, 1.54) is 6.07 Å². The van der Waals surface area contributed by atoms with Gasteiger partial charge >= 0.3 is 6.09 Å². The average Bonchev–Trinajstić information content (AvgIpc) is 3.21. The zero-order valence-electron chi connectivity index (χ0n) is 19.0. The fraction of sp³-hybridized carbons (Fsp3) is 0.500. The summed E-state index contributed by atoms with van der Waals surface area (Å²) in [6, 6.07) is 9.95. The molecule has 0 spiro atoms. The van der Waals surface area contributed by atoms with Gasteiger partial charge in [0.15, 0.2) is 0 Å². The Morgan fingerprint density at radius 2 is 1.81 bits per heavy atom. The molecule has 1 aliphatic rings. The number of furan rings is 1. The number of benzene rings is 1. The van der Waals surface area contributed by atoms with E-state index in [0.717, 1.165) is 19.6 Å². The highest BCUT2D eigenvalue weighted by atomic mass is 19.1. The quantitative estimate of drug-likeness (QED) is 0.704. The van der Waals surface area contributed by atoms with Crippen molar-refractivity contribution < 1.29 is 23.1 Å². The third-order valence-corrected chi connectivity index (χ3v) is 5.17. The van der Waals surface area contributed by atoms with Gasteiger partial charge in [-0.15, -0.1) is 0 Å². The van der Waals surface area contributed by atoms with Crippen LogP contribution >= 0.6 is 0 Å². The van der Waals surface area contributed by atoms with Crippen LogP contribution in [0.5, 0.6) is 0 Å². The Morgan fingerprint density at radius 3 is 2.50 bits per heavy atom. The lowest BCUT2D eigenvalue weighted by Crippen LogP contribution is -2.51. The number of amides is 2. The van der Waals surface area contributed by atoms with Crippen LogP contribution in [0.3, 0.4) is 0 Å². The predicted octanol–water partition coefficient (Wildman–Crippen LogP) is 3.69. The monoisotopic (exact) mass is 445 g/mol. The van der Waals surface area contributed by atoms with Crippen molar-refractivity contribution in [3.05, 3.63) is 48.0 Å². The maximum absolute atomic E-state index is 13.9. The maximum Gasteiger partial charge on any atom is 0.410 e. The third-order valence-electron chi connectivity index (χ3n) is 5.17. The van der Waals surface area contributed by atoms with Gasteiger partial charge in [-0.25, -0.2) is 9.18 Å². The molecular formula is C24H32FN3O4. The minimum atomic E-state index is -0.493. The van der Waals surface area contributed by atoms with Crippen molar-refractivity contribution in [1.82, 2.24) is 15.1 Å². The summed E-state index contributed by atoms with van der Waals surface area (Å²) >= 11 is 0. The highest BCUT2D eigenvalue weighted by Gasteiger charge is 2.25. The van der Waals surface area contributed by atoms with Crippen molar-refractivity contribution >= 4 is 12.0 Å². The first kappa shape index (κ1) is 23.8. The van der Waals surface area contributed by atoms with Crippen LogP contribution in [0.25, 0.3) is 11.3 Å². The summed E-state index contributed by atoms with van der Waals surface area (Å²) in [5.41, 5.74) is -0.0806. The highest BCUT2D eigenvalue weighted by Crippen LogP contribution is 2.25. The van der Waals surface area contributed by atoms with E-state index in [1.807, 2.05) is 20.8 Å². The lowest BCUT2D eigenvalue weighted by Gasteiger charge is -2.35. The molecule has 0 radical (unpaired) electrons. The van der Waals surface area contributed by atoms with Crippen LogP contribution in [0.15, 0.2) is 40.8 Å². The van der Waals surface area contributed by atoms with E-state index < -0.39 is 5.60 Å². The molecule has 0 bridgehead atoms. The Morgan fingerprint density at radius 1 is 1.09 bits per heavy atom. The van der Waals surface area contributed by atoms with Gasteiger partial charge < -0.3 is 19.4 Å². The summed E-state index contributed by atoms with van der Waals surface area (Å²) in [4.78, 5) is 28.2. The minimum Gasteiger partial charge on any atom is -0.461 e. The largest absolute Gasteiger partial charge is 0.461 e. The molecule has 0 aliphatic carbocycles. The van der Waals surface area contributed by atoms with Crippen molar-refractivity contribution in [3.63, 3.8) is 0 Å². The Bertz CT molecular complexity index is 914. The molecular weight excluding hydrogens is 413 g/mol. The van der Waals surface area contributed by atoms with Crippen LogP contribution in [0.4, 0.5) is 9.18 Å². The van der Waals surface area contributed by atoms with E-state index in [9.17, 15) is 14.0 Å². The van der Waals surface area contributed by atoms with Crippen molar-refractivity contribution in [2.45, 2.75) is 39.2 Å². The van der Waals surface area contributed by atoms with E-state index in [4.69, 9.17) is 9.15 Å². The molecule has 8 heteroatoms. The van der Waals surface area contributed by atoms with E-state index in [-0.39, 0.29) is 17.8 Å². The van der Waals surface area contributed by atoms with Gasteiger partial charge in [0.25, 0.3) is 0 Å². The van der Waals surface area contributed by atoms with Crippen molar-refractivity contribution in [3.8, 4) is 11.3 Å². The molecule has 174 valence electrons. The molecule has 1 fully saturated rings. The second-order valence-corrected chi connectivity index (χ2v) is 8.90. The van der Waals surface area contributed by atoms with Crippen LogP contribution in [-0.4, -0.2) is 66.7 Å². The van der Waals surface area contributed by atoms with E-state index in [2.05, 4.69) is 10.2 Å². The summed E-state index contributed by atoms with van der Waals surface area (Å²) < 4.78 is 25.0. The Labute approximate surface area is 188 Å². The van der Waals surface area contributed by atoms with Crippen molar-refractivity contribution in [1.29, 1.82) is 0 Å². The van der Waals surface area contributed by atoms with Crippen LogP contribution in [-0.2, 0) is 16.0 Å². The maximum atomic E-state index is 13.9. The van der Waals surface area contributed by atoms with Crippen LogP contribution in [0.2, 0.25) is 0 Å². The molecule has 1 aliphatic heterocycles. The van der Waals surface area contributed by atoms with Gasteiger partial charge in [0.2, 0.25) is 5.91 Å². The van der Waals surface area contributed by atoms with Crippen LogP contribution in [0.1, 0.15) is 33.0 Å². The molecule has 2 amide bonds. The van der Waals surface area contributed by atoms with Gasteiger partial charge in [-0.3, -0.25) is 9.69 Å². The van der Waals surface area contributed by atoms with Gasteiger partial charge in [-0.1, -0.05) is 12.1 Å². The molecule has 1 aromatic carbocycles. The van der Waals surface area contributed by atoms with Gasteiger partial charge in [0, 0.05) is 52.1 Å². The normalized spacial score (nSPS) is 14.9. The lowest BCUT2D eigenvalue weighted by atomic mass is 10.1. The smallest absolute Gasteiger partial charge is 0.410 e. The van der Waals surface area contributed by atoms with E-state index in [0.29, 0.717) is 49.6 Å². The topological polar surface area (TPSA) is 75.0 Å². The molecule has 2 heterocycles. The number of rotatable bonds is 7. The zero-order valence-corrected chi connectivity index (χ0v) is 19.0. The minimum absolute atomic E-state index is 0.0544.